The van der Waals surface area contributed by atoms with Crippen LogP contribution in [-0.4, -0.2) is 24.7 Å². The van der Waals surface area contributed by atoms with Crippen LogP contribution >= 0.6 is 0 Å². The summed E-state index contributed by atoms with van der Waals surface area (Å²) >= 11 is 0. The van der Waals surface area contributed by atoms with Crippen LogP contribution in [0.4, 0.5) is 5.69 Å². The van der Waals surface area contributed by atoms with Gasteiger partial charge in [-0.15, -0.1) is 0 Å². The van der Waals surface area contributed by atoms with Crippen molar-refractivity contribution in [3.05, 3.63) is 59.7 Å². The van der Waals surface area contributed by atoms with Gasteiger partial charge in [0.2, 0.25) is 5.91 Å². The van der Waals surface area contributed by atoms with Gasteiger partial charge in [0, 0.05) is 11.3 Å². The predicted octanol–water partition coefficient (Wildman–Crippen LogP) is 3.37. The van der Waals surface area contributed by atoms with E-state index >= 15 is 0 Å². The van der Waals surface area contributed by atoms with Gasteiger partial charge in [-0.2, -0.15) is 0 Å². The van der Waals surface area contributed by atoms with Crippen LogP contribution in [0.5, 0.6) is 5.75 Å². The normalized spacial score (nSPS) is 11.2. The van der Waals surface area contributed by atoms with Crippen molar-refractivity contribution in [1.29, 1.82) is 0 Å². The molecule has 0 spiro atoms. The Labute approximate surface area is 148 Å². The highest BCUT2D eigenvalue weighted by atomic mass is 16.5. The fraction of sp³-hybridized carbons (Fsp3) is 0.350. The van der Waals surface area contributed by atoms with E-state index in [9.17, 15) is 9.90 Å². The maximum atomic E-state index is 12.5. The van der Waals surface area contributed by atoms with Gasteiger partial charge in [-0.25, -0.2) is 0 Å². The average Bonchev–Trinajstić information content (AvgIpc) is 2.62. The van der Waals surface area contributed by atoms with Gasteiger partial charge in [0.25, 0.3) is 0 Å². The third kappa shape index (κ3) is 5.31. The van der Waals surface area contributed by atoms with Gasteiger partial charge in [0.1, 0.15) is 5.75 Å². The molecule has 2 rings (SSSR count). The molecule has 0 atom stereocenters. The van der Waals surface area contributed by atoms with Crippen molar-refractivity contribution in [2.45, 2.75) is 27.1 Å². The predicted molar refractivity (Wildman–Crippen MR) is 97.4 cm³/mol. The summed E-state index contributed by atoms with van der Waals surface area (Å²) in [4.78, 5) is 12.5. The van der Waals surface area contributed by atoms with E-state index in [2.05, 4.69) is 5.32 Å². The second-order valence-corrected chi connectivity index (χ2v) is 6.50. The molecule has 0 aliphatic heterocycles. The van der Waals surface area contributed by atoms with Gasteiger partial charge in [-0.05, 0) is 37.6 Å². The van der Waals surface area contributed by atoms with Crippen molar-refractivity contribution in [2.75, 3.05) is 19.0 Å². The average molecular weight is 343 g/mol. The summed E-state index contributed by atoms with van der Waals surface area (Å²) in [6.07, 6.45) is 0. The number of nitrogens with one attached hydrogen (secondary N) is 1. The van der Waals surface area contributed by atoms with E-state index in [1.165, 1.54) is 0 Å². The lowest BCUT2D eigenvalue weighted by molar-refractivity contribution is -0.127. The van der Waals surface area contributed by atoms with Crippen LogP contribution in [0.15, 0.2) is 48.5 Å². The van der Waals surface area contributed by atoms with Crippen molar-refractivity contribution in [3.8, 4) is 5.75 Å². The molecule has 0 aliphatic carbocycles. The molecule has 0 saturated carbocycles. The number of hydrogen-bond acceptors (Lipinski definition) is 4. The Bertz CT molecular complexity index is 698. The second-order valence-electron chi connectivity index (χ2n) is 6.50. The fourth-order valence-electron chi connectivity index (χ4n) is 2.34. The molecule has 0 aliphatic rings. The molecule has 0 aromatic heterocycles. The first-order valence-corrected chi connectivity index (χ1v) is 8.17. The van der Waals surface area contributed by atoms with E-state index in [1.54, 1.807) is 25.3 Å². The topological polar surface area (TPSA) is 67.8 Å². The van der Waals surface area contributed by atoms with E-state index < -0.39 is 5.41 Å². The van der Waals surface area contributed by atoms with E-state index in [-0.39, 0.29) is 12.5 Å². The molecule has 134 valence electrons. The number of aliphatic hydroxyl groups excluding tert-OH is 1. The molecule has 1 amide bonds. The quantitative estimate of drug-likeness (QED) is 0.771. The Morgan fingerprint density at radius 3 is 2.52 bits per heavy atom. The van der Waals surface area contributed by atoms with Crippen LogP contribution in [0.3, 0.4) is 0 Å². The van der Waals surface area contributed by atoms with Gasteiger partial charge >= 0.3 is 0 Å². The van der Waals surface area contributed by atoms with Gasteiger partial charge < -0.3 is 19.9 Å². The number of benzene rings is 2. The summed E-state index contributed by atoms with van der Waals surface area (Å²) < 4.78 is 10.9. The zero-order chi connectivity index (χ0) is 18.3. The Hall–Kier alpha value is -2.37. The highest BCUT2D eigenvalue weighted by Crippen LogP contribution is 2.25. The first-order valence-electron chi connectivity index (χ1n) is 8.17. The third-order valence-corrected chi connectivity index (χ3v) is 3.90. The van der Waals surface area contributed by atoms with Gasteiger partial charge in [-0.1, -0.05) is 30.3 Å². The molecule has 0 radical (unpaired) electrons. The molecule has 0 saturated heterocycles. The number of hydrogen-bond donors (Lipinski definition) is 2. The molecule has 2 N–H and O–H groups in total. The van der Waals surface area contributed by atoms with Crippen molar-refractivity contribution in [3.63, 3.8) is 0 Å². The number of methoxy groups -OCH3 is 1. The number of carbonyl (C=O) groups excluding carboxylic acids is 1. The van der Waals surface area contributed by atoms with E-state index in [4.69, 9.17) is 9.47 Å². The van der Waals surface area contributed by atoms with Crippen LogP contribution in [0.1, 0.15) is 25.0 Å². The zero-order valence-corrected chi connectivity index (χ0v) is 14.9. The number of carbonyl (C=O) groups is 1. The standard InChI is InChI=1S/C20H25NO4/c1-20(2,14-25-13-15-7-5-4-6-8-15)19(23)21-17-9-10-18(24-3)16(11-17)12-22/h4-11,22H,12-14H2,1-3H3,(H,21,23). The fourth-order valence-corrected chi connectivity index (χ4v) is 2.34. The van der Waals surface area contributed by atoms with E-state index in [1.807, 2.05) is 44.2 Å². The van der Waals surface area contributed by atoms with Crippen LogP contribution < -0.4 is 10.1 Å². The first-order chi connectivity index (χ1) is 12.0. The van der Waals surface area contributed by atoms with Crippen LogP contribution in [0.25, 0.3) is 0 Å². The second kappa shape index (κ2) is 8.65. The van der Waals surface area contributed by atoms with Gasteiger partial charge in [-0.3, -0.25) is 4.79 Å². The molecule has 25 heavy (non-hydrogen) atoms. The lowest BCUT2D eigenvalue weighted by atomic mass is 9.93. The van der Waals surface area contributed by atoms with Crippen LogP contribution in [0, 0.1) is 5.41 Å². The Balaban J connectivity index is 1.94. The third-order valence-electron chi connectivity index (χ3n) is 3.90. The maximum absolute atomic E-state index is 12.5. The summed E-state index contributed by atoms with van der Waals surface area (Å²) in [7, 11) is 1.54. The minimum absolute atomic E-state index is 0.144. The van der Waals surface area contributed by atoms with Crippen molar-refractivity contribution in [1.82, 2.24) is 0 Å². The SMILES string of the molecule is COc1ccc(NC(=O)C(C)(C)COCc2ccccc2)cc1CO. The van der Waals surface area contributed by atoms with Gasteiger partial charge in [0.15, 0.2) is 0 Å². The summed E-state index contributed by atoms with van der Waals surface area (Å²) in [5.41, 5.74) is 1.62. The molecular weight excluding hydrogens is 318 g/mol. The molecule has 0 heterocycles. The van der Waals surface area contributed by atoms with Crippen molar-refractivity contribution < 1.29 is 19.4 Å². The lowest BCUT2D eigenvalue weighted by Crippen LogP contribution is -2.35. The molecule has 2 aromatic rings. The largest absolute Gasteiger partial charge is 0.496 e. The number of ether oxygens (including phenoxy) is 2. The molecule has 5 nitrogen and oxygen atoms in total. The number of amides is 1. The molecule has 2 aromatic carbocycles. The number of anilines is 1. The molecule has 0 fully saturated rings. The minimum atomic E-state index is -0.686. The maximum Gasteiger partial charge on any atom is 0.232 e. The number of rotatable bonds is 8. The Morgan fingerprint density at radius 1 is 1.16 bits per heavy atom. The molecule has 0 unspecified atom stereocenters. The van der Waals surface area contributed by atoms with Gasteiger partial charge in [0.05, 0.1) is 32.3 Å². The van der Waals surface area contributed by atoms with Crippen LogP contribution in [-0.2, 0) is 22.7 Å². The Kier molecular flexibility index (Phi) is 6.56. The first kappa shape index (κ1) is 19.0. The van der Waals surface area contributed by atoms with Crippen molar-refractivity contribution in [2.24, 2.45) is 5.41 Å². The summed E-state index contributed by atoms with van der Waals surface area (Å²) in [6.45, 7) is 4.29. The molecule has 5 heteroatoms. The Morgan fingerprint density at radius 2 is 1.88 bits per heavy atom. The van der Waals surface area contributed by atoms with E-state index in [0.29, 0.717) is 30.2 Å². The van der Waals surface area contributed by atoms with Crippen LogP contribution in [0.2, 0.25) is 0 Å². The van der Waals surface area contributed by atoms with Crippen molar-refractivity contribution >= 4 is 11.6 Å². The minimum Gasteiger partial charge on any atom is -0.496 e. The highest BCUT2D eigenvalue weighted by Gasteiger charge is 2.28. The monoisotopic (exact) mass is 343 g/mol. The lowest BCUT2D eigenvalue weighted by Gasteiger charge is -2.23. The highest BCUT2D eigenvalue weighted by molar-refractivity contribution is 5.95. The summed E-state index contributed by atoms with van der Waals surface area (Å²) in [5.74, 6) is 0.445. The smallest absolute Gasteiger partial charge is 0.232 e. The zero-order valence-electron chi connectivity index (χ0n) is 14.9. The molecule has 0 bridgehead atoms. The summed E-state index contributed by atoms with van der Waals surface area (Å²) in [5, 5.41) is 12.3. The van der Waals surface area contributed by atoms with E-state index in [0.717, 1.165) is 5.56 Å². The summed E-state index contributed by atoms with van der Waals surface area (Å²) in [6, 6.07) is 15.0. The molecular formula is C20H25NO4. The number of aliphatic hydroxyl groups is 1.